The summed E-state index contributed by atoms with van der Waals surface area (Å²) in [5.41, 5.74) is 0. The molecule has 0 aromatic rings. The Balaban J connectivity index is 2.17. The summed E-state index contributed by atoms with van der Waals surface area (Å²) in [5.74, 6) is 0. The zero-order valence-electron chi connectivity index (χ0n) is 13.4. The number of nitrogens with zero attached hydrogens (tertiary/aromatic N) is 2. The van der Waals surface area contributed by atoms with Crippen LogP contribution in [-0.4, -0.2) is 41.3 Å². The number of hydrogen-bond donors (Lipinski definition) is 1. The van der Waals surface area contributed by atoms with Crippen molar-refractivity contribution in [3.05, 3.63) is 12.7 Å². The van der Waals surface area contributed by atoms with Crippen LogP contribution in [-0.2, 0) is 0 Å². The molecule has 3 nitrogen and oxygen atoms in total. The Morgan fingerprint density at radius 1 is 1.30 bits per heavy atom. The van der Waals surface area contributed by atoms with E-state index in [0.717, 1.165) is 30.4 Å². The lowest BCUT2D eigenvalue weighted by Gasteiger charge is -2.40. The van der Waals surface area contributed by atoms with E-state index in [1.165, 1.54) is 38.5 Å². The molecule has 0 fully saturated rings. The van der Waals surface area contributed by atoms with E-state index in [0.29, 0.717) is 0 Å². The van der Waals surface area contributed by atoms with Crippen molar-refractivity contribution < 1.29 is 9.59 Å². The maximum Gasteiger partial charge on any atom is 0.189 e. The van der Waals surface area contributed by atoms with Crippen LogP contribution in [0.15, 0.2) is 17.6 Å². The average molecular weight is 281 g/mol. The summed E-state index contributed by atoms with van der Waals surface area (Å²) in [4.78, 5) is 4.62. The van der Waals surface area contributed by atoms with Gasteiger partial charge in [-0.05, 0) is 26.2 Å². The molecular formula is C17H33N2O+. The number of aliphatic hydroxyl groups excluding tert-OH is 1. The molecule has 0 aliphatic carbocycles. The van der Waals surface area contributed by atoms with E-state index in [2.05, 4.69) is 18.5 Å². The van der Waals surface area contributed by atoms with E-state index in [1.54, 1.807) is 0 Å². The summed E-state index contributed by atoms with van der Waals surface area (Å²) >= 11 is 0. The van der Waals surface area contributed by atoms with Crippen molar-refractivity contribution in [1.29, 1.82) is 0 Å². The summed E-state index contributed by atoms with van der Waals surface area (Å²) in [5, 5.41) is 10.1. The van der Waals surface area contributed by atoms with Crippen LogP contribution in [0.5, 0.6) is 0 Å². The van der Waals surface area contributed by atoms with Gasteiger partial charge in [0.2, 0.25) is 0 Å². The molecule has 3 unspecified atom stereocenters. The lowest BCUT2D eigenvalue weighted by molar-refractivity contribution is -0.976. The minimum absolute atomic E-state index is 0.278. The predicted octanol–water partition coefficient (Wildman–Crippen LogP) is 3.88. The van der Waals surface area contributed by atoms with Crippen molar-refractivity contribution in [3.8, 4) is 0 Å². The normalized spacial score (nSPS) is 26.9. The minimum atomic E-state index is -0.314. The highest BCUT2D eigenvalue weighted by atomic mass is 16.3. The van der Waals surface area contributed by atoms with Gasteiger partial charge in [0, 0.05) is 13.3 Å². The Bertz CT molecular complexity index is 301. The van der Waals surface area contributed by atoms with Crippen molar-refractivity contribution in [2.24, 2.45) is 4.99 Å². The highest BCUT2D eigenvalue weighted by molar-refractivity contribution is 5.60. The molecule has 0 bridgehead atoms. The van der Waals surface area contributed by atoms with Gasteiger partial charge in [-0.25, -0.2) is 4.99 Å². The van der Waals surface area contributed by atoms with Crippen LogP contribution >= 0.6 is 0 Å². The fourth-order valence-corrected chi connectivity index (χ4v) is 3.24. The summed E-state index contributed by atoms with van der Waals surface area (Å²) in [6.07, 6.45) is 14.1. The van der Waals surface area contributed by atoms with Gasteiger partial charge in [0.15, 0.2) is 12.4 Å². The highest BCUT2D eigenvalue weighted by Crippen LogP contribution is 2.26. The molecule has 1 rings (SSSR count). The van der Waals surface area contributed by atoms with Crippen molar-refractivity contribution in [2.75, 3.05) is 13.1 Å². The predicted molar refractivity (Wildman–Crippen MR) is 86.8 cm³/mol. The van der Waals surface area contributed by atoms with E-state index in [-0.39, 0.29) is 12.4 Å². The van der Waals surface area contributed by atoms with Gasteiger partial charge in [-0.15, -0.1) is 6.58 Å². The molecule has 1 N–H and O–H groups in total. The Morgan fingerprint density at radius 3 is 2.55 bits per heavy atom. The molecule has 0 radical (unpaired) electrons. The van der Waals surface area contributed by atoms with E-state index in [9.17, 15) is 5.11 Å². The van der Waals surface area contributed by atoms with Gasteiger partial charge in [0.05, 0.1) is 12.8 Å². The fraction of sp³-hybridized carbons (Fsp3) is 0.824. The van der Waals surface area contributed by atoms with Crippen molar-refractivity contribution >= 4 is 6.21 Å². The number of allylic oxidation sites excluding steroid dienone is 1. The first-order valence-electron chi connectivity index (χ1n) is 8.34. The molecule has 1 heterocycles. The Kier molecular flexibility index (Phi) is 8.08. The number of aliphatic imine (C=N–C) groups is 1. The first-order valence-corrected chi connectivity index (χ1v) is 8.34. The quantitative estimate of drug-likeness (QED) is 0.348. The van der Waals surface area contributed by atoms with Gasteiger partial charge < -0.3 is 5.11 Å². The molecule has 1 aliphatic rings. The molecule has 0 aromatic carbocycles. The smallest absolute Gasteiger partial charge is 0.189 e. The second-order valence-corrected chi connectivity index (χ2v) is 6.03. The van der Waals surface area contributed by atoms with Crippen LogP contribution in [0.4, 0.5) is 0 Å². The number of hydrogen-bond acceptors (Lipinski definition) is 2. The summed E-state index contributed by atoms with van der Waals surface area (Å²) in [6.45, 7) is 9.67. The minimum Gasteiger partial charge on any atom is -0.345 e. The lowest BCUT2D eigenvalue weighted by Crippen LogP contribution is -2.57. The topological polar surface area (TPSA) is 32.6 Å². The van der Waals surface area contributed by atoms with Gasteiger partial charge in [-0.1, -0.05) is 31.8 Å². The molecule has 20 heavy (non-hydrogen) atoms. The highest BCUT2D eigenvalue weighted by Gasteiger charge is 2.41. The molecule has 0 spiro atoms. The van der Waals surface area contributed by atoms with Gasteiger partial charge in [0.1, 0.15) is 6.54 Å². The maximum absolute atomic E-state index is 10.1. The molecule has 0 saturated carbocycles. The summed E-state index contributed by atoms with van der Waals surface area (Å²) in [7, 11) is 0. The second kappa shape index (κ2) is 9.30. The SMILES string of the molecule is C=CCCCCCCCCC1N=CC[N+]1(CC)C(C)O. The van der Waals surface area contributed by atoms with Crippen molar-refractivity contribution in [2.45, 2.75) is 77.6 Å². The van der Waals surface area contributed by atoms with Gasteiger partial charge >= 0.3 is 0 Å². The molecule has 3 heteroatoms. The zero-order chi connectivity index (χ0) is 14.8. The van der Waals surface area contributed by atoms with Crippen LogP contribution in [0.3, 0.4) is 0 Å². The zero-order valence-corrected chi connectivity index (χ0v) is 13.4. The van der Waals surface area contributed by atoms with E-state index < -0.39 is 0 Å². The lowest BCUT2D eigenvalue weighted by atomic mass is 10.1. The standard InChI is InChI=1S/C17H33N2O/c1-4-6-7-8-9-10-11-12-13-17-18-14-15-19(17,5-2)16(3)20/h4,14,16-17,20H,1,5-13,15H2,2-3H3/q+1. The van der Waals surface area contributed by atoms with Crippen LogP contribution in [0.2, 0.25) is 0 Å². The van der Waals surface area contributed by atoms with Gasteiger partial charge in [0.25, 0.3) is 0 Å². The third kappa shape index (κ3) is 4.71. The second-order valence-electron chi connectivity index (χ2n) is 6.03. The molecule has 116 valence electrons. The van der Waals surface area contributed by atoms with Crippen molar-refractivity contribution in [1.82, 2.24) is 0 Å². The number of quaternary nitrogens is 1. The average Bonchev–Trinajstić information content (AvgIpc) is 2.86. The Morgan fingerprint density at radius 2 is 1.95 bits per heavy atom. The third-order valence-electron chi connectivity index (χ3n) is 4.75. The Hall–Kier alpha value is -0.670. The maximum atomic E-state index is 10.1. The third-order valence-corrected chi connectivity index (χ3v) is 4.75. The molecular weight excluding hydrogens is 248 g/mol. The van der Waals surface area contributed by atoms with E-state index >= 15 is 0 Å². The van der Waals surface area contributed by atoms with E-state index in [1.807, 2.05) is 19.2 Å². The first-order chi connectivity index (χ1) is 9.67. The number of unbranched alkanes of at least 4 members (excludes halogenated alkanes) is 6. The van der Waals surface area contributed by atoms with E-state index in [4.69, 9.17) is 0 Å². The monoisotopic (exact) mass is 281 g/mol. The fourth-order valence-electron chi connectivity index (χ4n) is 3.24. The van der Waals surface area contributed by atoms with Crippen LogP contribution in [0.1, 0.15) is 65.2 Å². The largest absolute Gasteiger partial charge is 0.345 e. The number of aliphatic hydroxyl groups is 1. The molecule has 1 aliphatic heterocycles. The summed E-state index contributed by atoms with van der Waals surface area (Å²) < 4.78 is 0.735. The van der Waals surface area contributed by atoms with Crippen LogP contribution in [0.25, 0.3) is 0 Å². The molecule has 0 saturated heterocycles. The molecule has 0 aromatic heterocycles. The summed E-state index contributed by atoms with van der Waals surface area (Å²) in [6, 6.07) is 0. The first kappa shape index (κ1) is 17.4. The van der Waals surface area contributed by atoms with Gasteiger partial charge in [-0.3, -0.25) is 4.48 Å². The molecule has 0 amide bonds. The van der Waals surface area contributed by atoms with Crippen LogP contribution < -0.4 is 0 Å². The van der Waals surface area contributed by atoms with Crippen LogP contribution in [0, 0.1) is 0 Å². The van der Waals surface area contributed by atoms with Crippen molar-refractivity contribution in [3.63, 3.8) is 0 Å². The Labute approximate surface area is 125 Å². The molecule has 3 atom stereocenters. The number of rotatable bonds is 11. The van der Waals surface area contributed by atoms with Gasteiger partial charge in [-0.2, -0.15) is 0 Å².